The van der Waals surface area contributed by atoms with Gasteiger partial charge in [0.2, 0.25) is 0 Å². The Bertz CT molecular complexity index is 1600. The molecule has 38 heavy (non-hydrogen) atoms. The highest BCUT2D eigenvalue weighted by atomic mass is 32.1. The fourth-order valence-electron chi connectivity index (χ4n) is 3.65. The average molecular weight is 556 g/mol. The molecule has 0 saturated carbocycles. The van der Waals surface area contributed by atoms with E-state index in [1.807, 2.05) is 25.3 Å². The summed E-state index contributed by atoms with van der Waals surface area (Å²) in [6.07, 6.45) is 2.91. The van der Waals surface area contributed by atoms with Crippen LogP contribution in [0.15, 0.2) is 61.3 Å². The maximum atomic E-state index is 12.9. The van der Waals surface area contributed by atoms with Gasteiger partial charge in [-0.15, -0.1) is 22.7 Å². The molecule has 0 spiro atoms. The second kappa shape index (κ2) is 10.7. The van der Waals surface area contributed by atoms with Gasteiger partial charge in [-0.25, -0.2) is 19.7 Å². The molecule has 1 aromatic carbocycles. The van der Waals surface area contributed by atoms with Gasteiger partial charge in [0.05, 0.1) is 15.8 Å². The Balaban J connectivity index is 1.18. The highest BCUT2D eigenvalue weighted by Gasteiger charge is 2.30. The molecule has 5 aromatic rings. The number of hydrogen-bond donors (Lipinski definition) is 3. The van der Waals surface area contributed by atoms with Gasteiger partial charge in [-0.1, -0.05) is 6.07 Å². The molecule has 0 aliphatic rings. The zero-order chi connectivity index (χ0) is 26.7. The number of nitrogens with one attached hydrogen (secondary N) is 3. The largest absolute Gasteiger partial charge is 0.416 e. The first kappa shape index (κ1) is 25.5. The Labute approximate surface area is 223 Å². The quantitative estimate of drug-likeness (QED) is 0.203. The SMILES string of the molecule is Cc1ccncc1-c1cc2ncnc(NCCc3cnc(NC(=O)Nc4cccc(C(F)(F)F)c4)s3)c2s1. The van der Waals surface area contributed by atoms with Gasteiger partial charge in [0, 0.05) is 52.6 Å². The van der Waals surface area contributed by atoms with Crippen molar-refractivity contribution in [2.75, 3.05) is 22.5 Å². The lowest BCUT2D eigenvalue weighted by atomic mass is 10.1. The molecule has 0 aliphatic carbocycles. The van der Waals surface area contributed by atoms with E-state index in [4.69, 9.17) is 0 Å². The van der Waals surface area contributed by atoms with Crippen molar-refractivity contribution < 1.29 is 18.0 Å². The van der Waals surface area contributed by atoms with Crippen molar-refractivity contribution in [2.24, 2.45) is 0 Å². The molecule has 0 fully saturated rings. The summed E-state index contributed by atoms with van der Waals surface area (Å²) < 4.78 is 39.6. The minimum Gasteiger partial charge on any atom is -0.368 e. The van der Waals surface area contributed by atoms with Crippen LogP contribution in [0.3, 0.4) is 0 Å². The lowest BCUT2D eigenvalue weighted by molar-refractivity contribution is -0.137. The fourth-order valence-corrected chi connectivity index (χ4v) is 5.61. The van der Waals surface area contributed by atoms with Gasteiger partial charge in [0.1, 0.15) is 12.1 Å². The van der Waals surface area contributed by atoms with Crippen molar-refractivity contribution in [1.29, 1.82) is 0 Å². The molecule has 0 radical (unpaired) electrons. The molecular weight excluding hydrogens is 535 g/mol. The number of urea groups is 1. The van der Waals surface area contributed by atoms with Crippen LogP contribution in [-0.2, 0) is 12.6 Å². The third kappa shape index (κ3) is 5.89. The number of thiophene rings is 1. The van der Waals surface area contributed by atoms with Gasteiger partial charge in [-0.2, -0.15) is 13.2 Å². The van der Waals surface area contributed by atoms with E-state index in [0.717, 1.165) is 49.0 Å². The van der Waals surface area contributed by atoms with E-state index in [0.29, 0.717) is 18.1 Å². The van der Waals surface area contributed by atoms with E-state index < -0.39 is 17.8 Å². The van der Waals surface area contributed by atoms with Gasteiger partial charge in [0.25, 0.3) is 0 Å². The van der Waals surface area contributed by atoms with Crippen LogP contribution in [0.4, 0.5) is 34.6 Å². The van der Waals surface area contributed by atoms with Crippen molar-refractivity contribution in [3.8, 4) is 10.4 Å². The standard InChI is InChI=1S/C25H20F3N7OS2/c1-14-5-7-29-12-18(14)20-10-19-21(38-20)22(33-13-32-19)30-8-6-17-11-31-24(37-17)35-23(36)34-16-4-2-3-15(9-16)25(26,27)28/h2-5,7,9-13H,6,8H2,1H3,(H,30,32,33)(H2,31,34,35,36). The summed E-state index contributed by atoms with van der Waals surface area (Å²) in [6.45, 7) is 2.61. The number of benzene rings is 1. The molecule has 0 unspecified atom stereocenters. The highest BCUT2D eigenvalue weighted by molar-refractivity contribution is 7.22. The Morgan fingerprint density at radius 3 is 2.71 bits per heavy atom. The van der Waals surface area contributed by atoms with Crippen molar-refractivity contribution in [2.45, 2.75) is 19.5 Å². The first-order chi connectivity index (χ1) is 18.3. The number of thiazole rings is 1. The van der Waals surface area contributed by atoms with E-state index >= 15 is 0 Å². The number of aromatic nitrogens is 4. The maximum Gasteiger partial charge on any atom is 0.416 e. The van der Waals surface area contributed by atoms with E-state index in [9.17, 15) is 18.0 Å². The maximum absolute atomic E-state index is 12.9. The van der Waals surface area contributed by atoms with Gasteiger partial charge in [-0.3, -0.25) is 10.3 Å². The zero-order valence-electron chi connectivity index (χ0n) is 19.8. The minimum absolute atomic E-state index is 0.0323. The molecule has 5 rings (SSSR count). The molecule has 194 valence electrons. The predicted octanol–water partition coefficient (Wildman–Crippen LogP) is 6.84. The van der Waals surface area contributed by atoms with Crippen molar-refractivity contribution >= 4 is 55.6 Å². The lowest BCUT2D eigenvalue weighted by Gasteiger charge is -2.09. The average Bonchev–Trinajstić information content (AvgIpc) is 3.51. The molecule has 2 amide bonds. The number of alkyl halides is 3. The van der Waals surface area contributed by atoms with E-state index in [2.05, 4.69) is 35.9 Å². The van der Waals surface area contributed by atoms with Crippen LogP contribution in [0.25, 0.3) is 20.7 Å². The number of pyridine rings is 1. The van der Waals surface area contributed by atoms with Crippen LogP contribution in [0.5, 0.6) is 0 Å². The first-order valence-electron chi connectivity index (χ1n) is 11.4. The van der Waals surface area contributed by atoms with Crippen molar-refractivity contribution in [1.82, 2.24) is 19.9 Å². The predicted molar refractivity (Wildman–Crippen MR) is 144 cm³/mol. The lowest BCUT2D eigenvalue weighted by Crippen LogP contribution is -2.19. The topological polar surface area (TPSA) is 105 Å². The number of halogens is 3. The molecule has 4 aromatic heterocycles. The van der Waals surface area contributed by atoms with Crippen LogP contribution in [0.2, 0.25) is 0 Å². The molecule has 0 bridgehead atoms. The van der Waals surface area contributed by atoms with Gasteiger partial charge in [-0.05, 0) is 42.8 Å². The number of carbonyl (C=O) groups excluding carboxylic acids is 1. The Kier molecular flexibility index (Phi) is 7.20. The summed E-state index contributed by atoms with van der Waals surface area (Å²) in [5.41, 5.74) is 2.23. The second-order valence-corrected chi connectivity index (χ2v) is 10.4. The number of rotatable bonds is 7. The smallest absolute Gasteiger partial charge is 0.368 e. The van der Waals surface area contributed by atoms with Gasteiger partial charge < -0.3 is 10.6 Å². The summed E-state index contributed by atoms with van der Waals surface area (Å²) in [4.78, 5) is 31.4. The zero-order valence-corrected chi connectivity index (χ0v) is 21.5. The van der Waals surface area contributed by atoms with E-state index in [-0.39, 0.29) is 5.69 Å². The van der Waals surface area contributed by atoms with Crippen LogP contribution < -0.4 is 16.0 Å². The van der Waals surface area contributed by atoms with Crippen LogP contribution in [-0.4, -0.2) is 32.5 Å². The first-order valence-corrected chi connectivity index (χ1v) is 13.0. The molecule has 0 aliphatic heterocycles. The van der Waals surface area contributed by atoms with Crippen LogP contribution in [0, 0.1) is 6.92 Å². The molecule has 13 heteroatoms. The molecule has 4 heterocycles. The number of nitrogens with zero attached hydrogens (tertiary/aromatic N) is 4. The molecular formula is C25H20F3N7OS2. The van der Waals surface area contributed by atoms with E-state index in [1.165, 1.54) is 29.8 Å². The summed E-state index contributed by atoms with van der Waals surface area (Å²) >= 11 is 2.88. The molecule has 0 atom stereocenters. The fraction of sp³-hybridized carbons (Fsp3) is 0.160. The van der Waals surface area contributed by atoms with Crippen LogP contribution in [0.1, 0.15) is 16.0 Å². The number of anilines is 3. The summed E-state index contributed by atoms with van der Waals surface area (Å²) in [5, 5.41) is 8.64. The van der Waals surface area contributed by atoms with Gasteiger partial charge in [0.15, 0.2) is 5.13 Å². The Hall–Kier alpha value is -4.10. The Morgan fingerprint density at radius 2 is 1.89 bits per heavy atom. The number of carbonyl (C=O) groups is 1. The second-order valence-electron chi connectivity index (χ2n) is 8.20. The summed E-state index contributed by atoms with van der Waals surface area (Å²) in [5.74, 6) is 0.733. The normalized spacial score (nSPS) is 11.5. The van der Waals surface area contributed by atoms with Gasteiger partial charge >= 0.3 is 12.2 Å². The minimum atomic E-state index is -4.49. The van der Waals surface area contributed by atoms with Crippen molar-refractivity contribution in [3.05, 3.63) is 77.3 Å². The monoisotopic (exact) mass is 555 g/mol. The Morgan fingerprint density at radius 1 is 1.03 bits per heavy atom. The summed E-state index contributed by atoms with van der Waals surface area (Å²) in [6, 6.07) is 7.75. The van der Waals surface area contributed by atoms with E-state index in [1.54, 1.807) is 23.7 Å². The molecule has 3 N–H and O–H groups in total. The number of amides is 2. The highest BCUT2D eigenvalue weighted by Crippen LogP contribution is 2.36. The number of aryl methyl sites for hydroxylation is 1. The number of hydrogen-bond acceptors (Lipinski definition) is 8. The van der Waals surface area contributed by atoms with Crippen LogP contribution >= 0.6 is 22.7 Å². The third-order valence-electron chi connectivity index (χ3n) is 5.50. The summed E-state index contributed by atoms with van der Waals surface area (Å²) in [7, 11) is 0. The molecule has 0 saturated heterocycles. The third-order valence-corrected chi connectivity index (χ3v) is 7.64. The molecule has 8 nitrogen and oxygen atoms in total. The van der Waals surface area contributed by atoms with Crippen molar-refractivity contribution in [3.63, 3.8) is 0 Å². The number of fused-ring (bicyclic) bond motifs is 1.